The van der Waals surface area contributed by atoms with Gasteiger partial charge in [0.25, 0.3) is 5.69 Å². The SMILES string of the molecule is O=C(CCN1CCN(S(=O)(=O)c2ccc(Cl)c(Cl)c2)CC1)Nc1ccccc1[N+](=O)[O-]. The highest BCUT2D eigenvalue weighted by atomic mass is 35.5. The van der Waals surface area contributed by atoms with Crippen molar-refractivity contribution >= 4 is 50.5 Å². The number of hydrogen-bond donors (Lipinski definition) is 1. The van der Waals surface area contributed by atoms with E-state index in [9.17, 15) is 23.3 Å². The van der Waals surface area contributed by atoms with E-state index < -0.39 is 14.9 Å². The number of amides is 1. The average Bonchev–Trinajstić information content (AvgIpc) is 2.74. The Morgan fingerprint density at radius 2 is 1.74 bits per heavy atom. The van der Waals surface area contributed by atoms with Gasteiger partial charge in [0.15, 0.2) is 0 Å². The maximum absolute atomic E-state index is 12.8. The van der Waals surface area contributed by atoms with Crippen LogP contribution >= 0.6 is 23.2 Å². The van der Waals surface area contributed by atoms with Crippen molar-refractivity contribution in [3.63, 3.8) is 0 Å². The molecule has 0 radical (unpaired) electrons. The zero-order valence-corrected chi connectivity index (χ0v) is 18.7. The second-order valence-electron chi connectivity index (χ2n) is 6.89. The quantitative estimate of drug-likeness (QED) is 0.474. The normalized spacial score (nSPS) is 15.5. The fourth-order valence-corrected chi connectivity index (χ4v) is 5.00. The van der Waals surface area contributed by atoms with E-state index in [0.29, 0.717) is 19.6 Å². The van der Waals surface area contributed by atoms with E-state index in [1.165, 1.54) is 40.7 Å². The Kier molecular flexibility index (Phi) is 7.50. The number of piperazine rings is 1. The molecule has 1 aliphatic heterocycles. The van der Waals surface area contributed by atoms with Crippen molar-refractivity contribution in [1.29, 1.82) is 0 Å². The van der Waals surface area contributed by atoms with Gasteiger partial charge in [-0.25, -0.2) is 8.42 Å². The van der Waals surface area contributed by atoms with Crippen LogP contribution in [0.25, 0.3) is 0 Å². The molecule has 0 aromatic heterocycles. The highest BCUT2D eigenvalue weighted by molar-refractivity contribution is 7.89. The number of nitro groups is 1. The monoisotopic (exact) mass is 486 g/mol. The van der Waals surface area contributed by atoms with Crippen molar-refractivity contribution in [2.45, 2.75) is 11.3 Å². The molecule has 2 aromatic carbocycles. The fraction of sp³-hybridized carbons (Fsp3) is 0.316. The topological polar surface area (TPSA) is 113 Å². The van der Waals surface area contributed by atoms with E-state index >= 15 is 0 Å². The first-order chi connectivity index (χ1) is 14.7. The van der Waals surface area contributed by atoms with Gasteiger partial charge in [-0.15, -0.1) is 0 Å². The van der Waals surface area contributed by atoms with Gasteiger partial charge in [0.1, 0.15) is 5.69 Å². The fourth-order valence-electron chi connectivity index (χ4n) is 3.19. The third-order valence-electron chi connectivity index (χ3n) is 4.89. The summed E-state index contributed by atoms with van der Waals surface area (Å²) in [4.78, 5) is 24.7. The Balaban J connectivity index is 1.52. The molecule has 0 aliphatic carbocycles. The molecule has 1 N–H and O–H groups in total. The maximum atomic E-state index is 12.8. The van der Waals surface area contributed by atoms with Crippen molar-refractivity contribution in [2.75, 3.05) is 38.0 Å². The standard InChI is InChI=1S/C19H20Cl2N4O5S/c20-15-6-5-14(13-16(15)21)31(29,30)24-11-9-23(10-12-24)8-7-19(26)22-17-3-1-2-4-18(17)25(27)28/h1-6,13H,7-12H2,(H,22,26). The molecule has 166 valence electrons. The number of anilines is 1. The molecule has 9 nitrogen and oxygen atoms in total. The summed E-state index contributed by atoms with van der Waals surface area (Å²) >= 11 is 11.8. The largest absolute Gasteiger partial charge is 0.320 e. The number of nitro benzene ring substituents is 1. The first-order valence-electron chi connectivity index (χ1n) is 9.39. The van der Waals surface area contributed by atoms with Crippen LogP contribution in [0.1, 0.15) is 6.42 Å². The summed E-state index contributed by atoms with van der Waals surface area (Å²) in [6.07, 6.45) is 0.131. The number of para-hydroxylation sites is 2. The minimum absolute atomic E-state index is 0.0826. The lowest BCUT2D eigenvalue weighted by atomic mass is 10.2. The van der Waals surface area contributed by atoms with Crippen molar-refractivity contribution in [3.8, 4) is 0 Å². The average molecular weight is 487 g/mol. The molecule has 1 aliphatic rings. The van der Waals surface area contributed by atoms with Crippen molar-refractivity contribution < 1.29 is 18.1 Å². The van der Waals surface area contributed by atoms with E-state index in [0.717, 1.165) is 0 Å². The second kappa shape index (κ2) is 9.92. The molecule has 2 aromatic rings. The number of sulfonamides is 1. The van der Waals surface area contributed by atoms with Crippen molar-refractivity contribution in [3.05, 3.63) is 62.6 Å². The molecule has 0 bridgehead atoms. The van der Waals surface area contributed by atoms with E-state index in [1.54, 1.807) is 6.07 Å². The lowest BCUT2D eigenvalue weighted by molar-refractivity contribution is -0.383. The minimum atomic E-state index is -3.69. The third-order valence-corrected chi connectivity index (χ3v) is 7.52. The van der Waals surface area contributed by atoms with Crippen LogP contribution in [0.2, 0.25) is 10.0 Å². The molecular formula is C19H20Cl2N4O5S. The van der Waals surface area contributed by atoms with Gasteiger partial charge >= 0.3 is 0 Å². The Labute approximate surface area is 189 Å². The highest BCUT2D eigenvalue weighted by Gasteiger charge is 2.29. The van der Waals surface area contributed by atoms with E-state index in [4.69, 9.17) is 23.2 Å². The van der Waals surface area contributed by atoms with Gasteiger partial charge in [-0.05, 0) is 24.3 Å². The molecule has 1 amide bonds. The summed E-state index contributed by atoms with van der Waals surface area (Å²) in [6.45, 7) is 1.87. The molecule has 1 fully saturated rings. The molecule has 31 heavy (non-hydrogen) atoms. The zero-order valence-electron chi connectivity index (χ0n) is 16.3. The highest BCUT2D eigenvalue weighted by Crippen LogP contribution is 2.27. The Morgan fingerprint density at radius 3 is 2.39 bits per heavy atom. The number of halogens is 2. The predicted octanol–water partition coefficient (Wildman–Crippen LogP) is 3.24. The van der Waals surface area contributed by atoms with Crippen LogP contribution in [0.15, 0.2) is 47.4 Å². The van der Waals surface area contributed by atoms with Crippen molar-refractivity contribution in [1.82, 2.24) is 9.21 Å². The molecule has 0 spiro atoms. The molecule has 1 saturated heterocycles. The number of benzene rings is 2. The Bertz CT molecular complexity index is 1090. The second-order valence-corrected chi connectivity index (χ2v) is 9.65. The van der Waals surface area contributed by atoms with Gasteiger partial charge in [0.05, 0.1) is 19.9 Å². The van der Waals surface area contributed by atoms with Crippen LogP contribution in [0.5, 0.6) is 0 Å². The molecule has 1 heterocycles. The van der Waals surface area contributed by atoms with E-state index in [-0.39, 0.29) is 51.7 Å². The Morgan fingerprint density at radius 1 is 1.06 bits per heavy atom. The number of nitrogens with zero attached hydrogens (tertiary/aromatic N) is 3. The first kappa shape index (κ1) is 23.4. The molecule has 0 unspecified atom stereocenters. The molecule has 3 rings (SSSR count). The van der Waals surface area contributed by atoms with E-state index in [1.807, 2.05) is 4.90 Å². The number of hydrogen-bond acceptors (Lipinski definition) is 6. The lowest BCUT2D eigenvalue weighted by Gasteiger charge is -2.33. The van der Waals surface area contributed by atoms with Crippen LogP contribution in [-0.4, -0.2) is 61.2 Å². The zero-order chi connectivity index (χ0) is 22.6. The number of carbonyl (C=O) groups excluding carboxylic acids is 1. The summed E-state index contributed by atoms with van der Waals surface area (Å²) in [5, 5.41) is 14.0. The summed E-state index contributed by atoms with van der Waals surface area (Å²) < 4.78 is 27.0. The first-order valence-corrected chi connectivity index (χ1v) is 11.6. The van der Waals surface area contributed by atoms with Crippen LogP contribution in [0.4, 0.5) is 11.4 Å². The number of rotatable bonds is 7. The van der Waals surface area contributed by atoms with Crippen LogP contribution in [0, 0.1) is 10.1 Å². The Hall–Kier alpha value is -2.24. The van der Waals surface area contributed by atoms with Gasteiger partial charge < -0.3 is 10.2 Å². The van der Waals surface area contributed by atoms with Gasteiger partial charge in [-0.1, -0.05) is 35.3 Å². The lowest BCUT2D eigenvalue weighted by Crippen LogP contribution is -2.49. The summed E-state index contributed by atoms with van der Waals surface area (Å²) in [5.74, 6) is -0.347. The van der Waals surface area contributed by atoms with Crippen molar-refractivity contribution in [2.24, 2.45) is 0 Å². The summed E-state index contributed by atoms with van der Waals surface area (Å²) in [6, 6.07) is 10.1. The van der Waals surface area contributed by atoms with Gasteiger partial charge in [0.2, 0.25) is 15.9 Å². The summed E-state index contributed by atoms with van der Waals surface area (Å²) in [7, 11) is -3.69. The van der Waals surface area contributed by atoms with Gasteiger partial charge in [-0.3, -0.25) is 14.9 Å². The maximum Gasteiger partial charge on any atom is 0.292 e. The van der Waals surface area contributed by atoms with Crippen LogP contribution in [0.3, 0.4) is 0 Å². The minimum Gasteiger partial charge on any atom is -0.320 e. The smallest absolute Gasteiger partial charge is 0.292 e. The predicted molar refractivity (Wildman–Crippen MR) is 118 cm³/mol. The third kappa shape index (κ3) is 5.72. The number of nitrogens with one attached hydrogen (secondary N) is 1. The molecule has 0 saturated carbocycles. The number of carbonyl (C=O) groups is 1. The molecule has 12 heteroatoms. The van der Waals surface area contributed by atoms with Gasteiger partial charge in [0, 0.05) is 45.2 Å². The van der Waals surface area contributed by atoms with Gasteiger partial charge in [-0.2, -0.15) is 4.31 Å². The molecule has 0 atom stereocenters. The molecular weight excluding hydrogens is 467 g/mol. The summed E-state index contributed by atoms with van der Waals surface area (Å²) in [5.41, 5.74) is -0.0213. The van der Waals surface area contributed by atoms with E-state index in [2.05, 4.69) is 5.32 Å². The van der Waals surface area contributed by atoms with Crippen LogP contribution < -0.4 is 5.32 Å². The van der Waals surface area contributed by atoms with Crippen LogP contribution in [-0.2, 0) is 14.8 Å².